The third-order valence-corrected chi connectivity index (χ3v) is 2.82. The molecule has 0 aliphatic heterocycles. The predicted octanol–water partition coefficient (Wildman–Crippen LogP) is 0.994. The molecule has 84 valence electrons. The monoisotopic (exact) mass is 201 g/mol. The van der Waals surface area contributed by atoms with Gasteiger partial charge in [-0.3, -0.25) is 4.90 Å². The summed E-state index contributed by atoms with van der Waals surface area (Å²) in [5, 5.41) is 18.7. The largest absolute Gasteiger partial charge is 0.395 e. The molecular formula is C11H23NO2. The summed E-state index contributed by atoms with van der Waals surface area (Å²) in [7, 11) is 0. The van der Waals surface area contributed by atoms with Gasteiger partial charge in [-0.2, -0.15) is 0 Å². The van der Waals surface area contributed by atoms with Crippen LogP contribution in [0, 0.1) is 0 Å². The van der Waals surface area contributed by atoms with E-state index in [4.69, 9.17) is 5.11 Å². The van der Waals surface area contributed by atoms with E-state index in [9.17, 15) is 5.11 Å². The molecule has 0 radical (unpaired) electrons. The molecule has 0 aromatic rings. The lowest BCUT2D eigenvalue weighted by molar-refractivity contribution is 0.0153. The van der Waals surface area contributed by atoms with Crippen molar-refractivity contribution in [2.45, 2.75) is 51.2 Å². The molecule has 0 spiro atoms. The summed E-state index contributed by atoms with van der Waals surface area (Å²) >= 11 is 0. The zero-order chi connectivity index (χ0) is 10.6. The van der Waals surface area contributed by atoms with Crippen LogP contribution in [0.15, 0.2) is 0 Å². The molecule has 2 N–H and O–H groups in total. The molecule has 0 bridgehead atoms. The van der Waals surface area contributed by atoms with Crippen molar-refractivity contribution in [3.63, 3.8) is 0 Å². The smallest absolute Gasteiger partial charge is 0.0718 e. The highest BCUT2D eigenvalue weighted by Crippen LogP contribution is 2.24. The molecule has 3 nitrogen and oxygen atoms in total. The van der Waals surface area contributed by atoms with Crippen LogP contribution in [-0.2, 0) is 0 Å². The normalized spacial score (nSPS) is 19.5. The van der Waals surface area contributed by atoms with Crippen LogP contribution in [0.5, 0.6) is 0 Å². The Hall–Kier alpha value is -0.120. The van der Waals surface area contributed by atoms with Gasteiger partial charge in [0.25, 0.3) is 0 Å². The molecule has 1 aliphatic carbocycles. The lowest BCUT2D eigenvalue weighted by Gasteiger charge is -2.33. The van der Waals surface area contributed by atoms with Crippen molar-refractivity contribution >= 4 is 0 Å². The third kappa shape index (κ3) is 3.95. The van der Waals surface area contributed by atoms with Gasteiger partial charge in [-0.25, -0.2) is 0 Å². The Morgan fingerprint density at radius 3 is 2.29 bits per heavy atom. The topological polar surface area (TPSA) is 43.7 Å². The minimum Gasteiger partial charge on any atom is -0.395 e. The Morgan fingerprint density at radius 1 is 1.29 bits per heavy atom. The maximum absolute atomic E-state index is 9.75. The van der Waals surface area contributed by atoms with Crippen LogP contribution in [0.1, 0.15) is 39.5 Å². The summed E-state index contributed by atoms with van der Waals surface area (Å²) in [5.41, 5.74) is -0.655. The van der Waals surface area contributed by atoms with Crippen molar-refractivity contribution < 1.29 is 10.2 Å². The summed E-state index contributed by atoms with van der Waals surface area (Å²) in [6.07, 6.45) is 5.02. The van der Waals surface area contributed by atoms with Gasteiger partial charge in [-0.05, 0) is 26.7 Å². The molecule has 0 aromatic heterocycles. The number of nitrogens with zero attached hydrogens (tertiary/aromatic N) is 1. The number of hydrogen-bond donors (Lipinski definition) is 2. The van der Waals surface area contributed by atoms with Crippen molar-refractivity contribution in [1.29, 1.82) is 0 Å². The van der Waals surface area contributed by atoms with Crippen LogP contribution in [0.3, 0.4) is 0 Å². The van der Waals surface area contributed by atoms with E-state index in [1.165, 1.54) is 25.7 Å². The minimum atomic E-state index is -0.655. The van der Waals surface area contributed by atoms with Crippen molar-refractivity contribution in [2.75, 3.05) is 19.7 Å². The Kier molecular flexibility index (Phi) is 4.35. The number of aliphatic hydroxyl groups is 2. The van der Waals surface area contributed by atoms with Gasteiger partial charge >= 0.3 is 0 Å². The lowest BCUT2D eigenvalue weighted by atomic mass is 10.1. The van der Waals surface area contributed by atoms with E-state index in [0.717, 1.165) is 0 Å². The highest BCUT2D eigenvalue weighted by molar-refractivity contribution is 4.81. The van der Waals surface area contributed by atoms with Gasteiger partial charge in [0.2, 0.25) is 0 Å². The Balaban J connectivity index is 2.45. The summed E-state index contributed by atoms with van der Waals surface area (Å²) in [4.78, 5) is 2.23. The number of aliphatic hydroxyl groups excluding tert-OH is 1. The van der Waals surface area contributed by atoms with Crippen LogP contribution >= 0.6 is 0 Å². The first kappa shape index (κ1) is 12.0. The molecule has 14 heavy (non-hydrogen) atoms. The van der Waals surface area contributed by atoms with Crippen LogP contribution < -0.4 is 0 Å². The van der Waals surface area contributed by atoms with Gasteiger partial charge in [-0.1, -0.05) is 12.8 Å². The summed E-state index contributed by atoms with van der Waals surface area (Å²) in [6.45, 7) is 5.19. The first-order valence-electron chi connectivity index (χ1n) is 5.60. The molecule has 1 aliphatic rings. The molecule has 1 rings (SSSR count). The maximum atomic E-state index is 9.75. The average molecular weight is 201 g/mol. The maximum Gasteiger partial charge on any atom is 0.0718 e. The van der Waals surface area contributed by atoms with E-state index in [-0.39, 0.29) is 6.61 Å². The molecule has 3 heteroatoms. The molecule has 0 amide bonds. The quantitative estimate of drug-likeness (QED) is 0.697. The Bertz CT molecular complexity index is 159. The fraction of sp³-hybridized carbons (Fsp3) is 1.00. The Morgan fingerprint density at radius 2 is 1.86 bits per heavy atom. The van der Waals surface area contributed by atoms with E-state index in [2.05, 4.69) is 4.90 Å². The predicted molar refractivity (Wildman–Crippen MR) is 57.2 cm³/mol. The first-order chi connectivity index (χ1) is 6.53. The van der Waals surface area contributed by atoms with Crippen LogP contribution in [0.4, 0.5) is 0 Å². The zero-order valence-electron chi connectivity index (χ0n) is 9.37. The zero-order valence-corrected chi connectivity index (χ0v) is 9.37. The van der Waals surface area contributed by atoms with Gasteiger partial charge in [0.05, 0.1) is 12.2 Å². The summed E-state index contributed by atoms with van der Waals surface area (Å²) in [6, 6.07) is 0.577. The van der Waals surface area contributed by atoms with Gasteiger partial charge < -0.3 is 10.2 Å². The van der Waals surface area contributed by atoms with Crippen molar-refractivity contribution in [1.82, 2.24) is 4.90 Å². The highest BCUT2D eigenvalue weighted by Gasteiger charge is 2.26. The van der Waals surface area contributed by atoms with Gasteiger partial charge in [-0.15, -0.1) is 0 Å². The van der Waals surface area contributed by atoms with Gasteiger partial charge in [0.15, 0.2) is 0 Å². The molecule has 1 saturated carbocycles. The van der Waals surface area contributed by atoms with Crippen LogP contribution in [0.25, 0.3) is 0 Å². The number of rotatable bonds is 5. The lowest BCUT2D eigenvalue weighted by Crippen LogP contribution is -2.44. The minimum absolute atomic E-state index is 0.187. The van der Waals surface area contributed by atoms with E-state index in [1.807, 2.05) is 13.8 Å². The third-order valence-electron chi connectivity index (χ3n) is 2.82. The highest BCUT2D eigenvalue weighted by atomic mass is 16.3. The number of hydrogen-bond acceptors (Lipinski definition) is 3. The van der Waals surface area contributed by atoms with Gasteiger partial charge in [0.1, 0.15) is 0 Å². The second kappa shape index (κ2) is 5.10. The van der Waals surface area contributed by atoms with Gasteiger partial charge in [0, 0.05) is 19.1 Å². The van der Waals surface area contributed by atoms with Crippen LogP contribution in [0.2, 0.25) is 0 Å². The fourth-order valence-electron chi connectivity index (χ4n) is 2.29. The average Bonchev–Trinajstić information content (AvgIpc) is 2.52. The molecule has 0 atom stereocenters. The second-order valence-electron chi connectivity index (χ2n) is 4.94. The molecule has 0 unspecified atom stereocenters. The Labute approximate surface area is 86.7 Å². The standard InChI is InChI=1S/C11H23NO2/c1-11(2,14)9-12(7-8-13)10-5-3-4-6-10/h10,13-14H,3-9H2,1-2H3. The van der Waals surface area contributed by atoms with Crippen molar-refractivity contribution in [2.24, 2.45) is 0 Å². The van der Waals surface area contributed by atoms with E-state index < -0.39 is 5.60 Å². The molecular weight excluding hydrogens is 178 g/mol. The molecule has 0 saturated heterocycles. The van der Waals surface area contributed by atoms with Crippen molar-refractivity contribution in [3.8, 4) is 0 Å². The molecule has 0 heterocycles. The van der Waals surface area contributed by atoms with E-state index in [1.54, 1.807) is 0 Å². The van der Waals surface area contributed by atoms with Crippen molar-refractivity contribution in [3.05, 3.63) is 0 Å². The summed E-state index contributed by atoms with van der Waals surface area (Å²) < 4.78 is 0. The summed E-state index contributed by atoms with van der Waals surface area (Å²) in [5.74, 6) is 0. The van der Waals surface area contributed by atoms with E-state index >= 15 is 0 Å². The molecule has 0 aromatic carbocycles. The van der Waals surface area contributed by atoms with E-state index in [0.29, 0.717) is 19.1 Å². The SMILES string of the molecule is CC(C)(O)CN(CCO)C1CCCC1. The fourth-order valence-corrected chi connectivity index (χ4v) is 2.29. The van der Waals surface area contributed by atoms with Crippen LogP contribution in [-0.4, -0.2) is 46.5 Å². The molecule has 1 fully saturated rings. The second-order valence-corrected chi connectivity index (χ2v) is 4.94. The first-order valence-corrected chi connectivity index (χ1v) is 5.60.